The number of nitrogens with zero attached hydrogens (tertiary/aromatic N) is 2. The van der Waals surface area contributed by atoms with E-state index in [4.69, 9.17) is 11.0 Å². The molecule has 14 heavy (non-hydrogen) atoms. The van der Waals surface area contributed by atoms with Gasteiger partial charge in [-0.05, 0) is 23.9 Å². The highest BCUT2D eigenvalue weighted by Crippen LogP contribution is 2.30. The maximum Gasteiger partial charge on any atom is 0.133 e. The SMILES string of the molecule is N#C[C@@H](c1cccs1)N1CC(CN)C1. The molecular formula is C10H13N3S. The monoisotopic (exact) mass is 207 g/mol. The van der Waals surface area contributed by atoms with Crippen LogP contribution >= 0.6 is 11.3 Å². The highest BCUT2D eigenvalue weighted by molar-refractivity contribution is 7.10. The summed E-state index contributed by atoms with van der Waals surface area (Å²) in [5.41, 5.74) is 5.55. The third kappa shape index (κ3) is 1.67. The van der Waals surface area contributed by atoms with Crippen LogP contribution in [0, 0.1) is 17.2 Å². The van der Waals surface area contributed by atoms with Gasteiger partial charge in [0.15, 0.2) is 0 Å². The molecule has 1 aliphatic heterocycles. The third-order valence-corrected chi connectivity index (χ3v) is 3.54. The van der Waals surface area contributed by atoms with Crippen molar-refractivity contribution >= 4 is 11.3 Å². The van der Waals surface area contributed by atoms with Crippen molar-refractivity contribution < 1.29 is 0 Å². The van der Waals surface area contributed by atoms with Crippen LogP contribution in [0.15, 0.2) is 17.5 Å². The molecule has 0 bridgehead atoms. The second kappa shape index (κ2) is 4.09. The number of hydrogen-bond donors (Lipinski definition) is 1. The summed E-state index contributed by atoms with van der Waals surface area (Å²) in [5, 5.41) is 11.1. The number of likely N-dealkylation sites (tertiary alicyclic amines) is 1. The molecule has 1 fully saturated rings. The average molecular weight is 207 g/mol. The lowest BCUT2D eigenvalue weighted by molar-refractivity contribution is 0.0812. The molecule has 1 saturated heterocycles. The Morgan fingerprint density at radius 1 is 1.71 bits per heavy atom. The highest BCUT2D eigenvalue weighted by atomic mass is 32.1. The number of nitriles is 1. The van der Waals surface area contributed by atoms with E-state index in [1.54, 1.807) is 11.3 Å². The van der Waals surface area contributed by atoms with E-state index in [2.05, 4.69) is 11.0 Å². The van der Waals surface area contributed by atoms with E-state index < -0.39 is 0 Å². The minimum absolute atomic E-state index is 0.0576. The van der Waals surface area contributed by atoms with Crippen LogP contribution in [0.1, 0.15) is 10.9 Å². The van der Waals surface area contributed by atoms with Crippen molar-refractivity contribution in [2.45, 2.75) is 6.04 Å². The smallest absolute Gasteiger partial charge is 0.133 e. The second-order valence-corrected chi connectivity index (χ2v) is 4.58. The molecule has 0 amide bonds. The first kappa shape index (κ1) is 9.66. The maximum absolute atomic E-state index is 9.08. The summed E-state index contributed by atoms with van der Waals surface area (Å²) in [4.78, 5) is 3.33. The van der Waals surface area contributed by atoms with Gasteiger partial charge in [-0.3, -0.25) is 4.90 Å². The van der Waals surface area contributed by atoms with Crippen LogP contribution in [0.3, 0.4) is 0 Å². The van der Waals surface area contributed by atoms with Crippen molar-refractivity contribution in [2.24, 2.45) is 11.7 Å². The summed E-state index contributed by atoms with van der Waals surface area (Å²) in [6.07, 6.45) is 0. The Morgan fingerprint density at radius 3 is 3.00 bits per heavy atom. The number of hydrogen-bond acceptors (Lipinski definition) is 4. The number of nitrogens with two attached hydrogens (primary N) is 1. The fourth-order valence-electron chi connectivity index (χ4n) is 1.74. The molecule has 2 N–H and O–H groups in total. The second-order valence-electron chi connectivity index (χ2n) is 3.60. The Kier molecular flexibility index (Phi) is 2.82. The van der Waals surface area contributed by atoms with Crippen LogP contribution in [-0.2, 0) is 0 Å². The fraction of sp³-hybridized carbons (Fsp3) is 0.500. The topological polar surface area (TPSA) is 53.0 Å². The number of rotatable bonds is 3. The van der Waals surface area contributed by atoms with Gasteiger partial charge in [-0.25, -0.2) is 0 Å². The van der Waals surface area contributed by atoms with Crippen LogP contribution in [0.4, 0.5) is 0 Å². The van der Waals surface area contributed by atoms with Crippen LogP contribution in [0.25, 0.3) is 0 Å². The Morgan fingerprint density at radius 2 is 2.50 bits per heavy atom. The summed E-state index contributed by atoms with van der Waals surface area (Å²) in [7, 11) is 0. The van der Waals surface area contributed by atoms with E-state index in [-0.39, 0.29) is 6.04 Å². The van der Waals surface area contributed by atoms with Gasteiger partial charge in [-0.15, -0.1) is 11.3 Å². The molecule has 0 aromatic carbocycles. The van der Waals surface area contributed by atoms with E-state index in [0.29, 0.717) is 5.92 Å². The molecule has 74 valence electrons. The van der Waals surface area contributed by atoms with Crippen molar-refractivity contribution in [1.82, 2.24) is 4.90 Å². The molecule has 0 aliphatic carbocycles. The minimum atomic E-state index is -0.0576. The van der Waals surface area contributed by atoms with Crippen molar-refractivity contribution in [3.8, 4) is 6.07 Å². The van der Waals surface area contributed by atoms with Gasteiger partial charge in [0.1, 0.15) is 6.04 Å². The molecule has 1 atom stereocenters. The quantitative estimate of drug-likeness (QED) is 0.810. The molecule has 0 spiro atoms. The lowest BCUT2D eigenvalue weighted by Crippen LogP contribution is -2.50. The first-order chi connectivity index (χ1) is 6.85. The molecule has 4 heteroatoms. The summed E-state index contributed by atoms with van der Waals surface area (Å²) in [5.74, 6) is 0.589. The molecule has 2 rings (SSSR count). The Labute approximate surface area is 87.7 Å². The molecule has 1 aromatic rings. The van der Waals surface area contributed by atoms with Crippen LogP contribution in [-0.4, -0.2) is 24.5 Å². The molecule has 3 nitrogen and oxygen atoms in total. The summed E-state index contributed by atoms with van der Waals surface area (Å²) < 4.78 is 0. The third-order valence-electron chi connectivity index (χ3n) is 2.62. The Hall–Kier alpha value is -0.890. The van der Waals surface area contributed by atoms with Gasteiger partial charge >= 0.3 is 0 Å². The van der Waals surface area contributed by atoms with E-state index in [9.17, 15) is 0 Å². The summed E-state index contributed by atoms with van der Waals surface area (Å²) >= 11 is 1.65. The largest absolute Gasteiger partial charge is 0.330 e. The predicted octanol–water partition coefficient (Wildman–Crippen LogP) is 1.20. The van der Waals surface area contributed by atoms with Crippen LogP contribution < -0.4 is 5.73 Å². The van der Waals surface area contributed by atoms with Crippen LogP contribution in [0.5, 0.6) is 0 Å². The zero-order valence-electron chi connectivity index (χ0n) is 7.89. The van der Waals surface area contributed by atoms with Gasteiger partial charge in [0.2, 0.25) is 0 Å². The van der Waals surface area contributed by atoms with Crippen molar-refractivity contribution in [2.75, 3.05) is 19.6 Å². The first-order valence-corrected chi connectivity index (χ1v) is 5.60. The normalized spacial score (nSPS) is 20.0. The molecule has 0 saturated carbocycles. The molecule has 2 heterocycles. The zero-order valence-corrected chi connectivity index (χ0v) is 8.70. The van der Waals surface area contributed by atoms with Gasteiger partial charge in [0.25, 0.3) is 0 Å². The first-order valence-electron chi connectivity index (χ1n) is 4.72. The van der Waals surface area contributed by atoms with E-state index >= 15 is 0 Å². The molecule has 0 radical (unpaired) electrons. The van der Waals surface area contributed by atoms with Gasteiger partial charge in [0.05, 0.1) is 6.07 Å². The molecular weight excluding hydrogens is 194 g/mol. The Balaban J connectivity index is 2.00. The zero-order chi connectivity index (χ0) is 9.97. The van der Waals surface area contributed by atoms with E-state index in [1.165, 1.54) is 0 Å². The minimum Gasteiger partial charge on any atom is -0.330 e. The molecule has 1 aromatic heterocycles. The van der Waals surface area contributed by atoms with Gasteiger partial charge < -0.3 is 5.73 Å². The molecule has 0 unspecified atom stereocenters. The van der Waals surface area contributed by atoms with Crippen molar-refractivity contribution in [3.63, 3.8) is 0 Å². The summed E-state index contributed by atoms with van der Waals surface area (Å²) in [6, 6.07) is 6.30. The van der Waals surface area contributed by atoms with E-state index in [1.807, 2.05) is 17.5 Å². The maximum atomic E-state index is 9.08. The van der Waals surface area contributed by atoms with Crippen molar-refractivity contribution in [3.05, 3.63) is 22.4 Å². The van der Waals surface area contributed by atoms with E-state index in [0.717, 1.165) is 24.5 Å². The predicted molar refractivity (Wildman–Crippen MR) is 56.8 cm³/mol. The molecule has 1 aliphatic rings. The average Bonchev–Trinajstić information content (AvgIpc) is 2.62. The highest BCUT2D eigenvalue weighted by Gasteiger charge is 2.32. The van der Waals surface area contributed by atoms with Gasteiger partial charge in [-0.2, -0.15) is 5.26 Å². The van der Waals surface area contributed by atoms with Gasteiger partial charge in [-0.1, -0.05) is 6.07 Å². The summed E-state index contributed by atoms with van der Waals surface area (Å²) in [6.45, 7) is 2.67. The lowest BCUT2D eigenvalue weighted by atomic mass is 9.98. The van der Waals surface area contributed by atoms with Gasteiger partial charge in [0, 0.05) is 18.0 Å². The standard InChI is InChI=1S/C10H13N3S/c11-4-8-6-13(7-8)9(5-12)10-2-1-3-14-10/h1-3,8-9H,4,6-7,11H2/t9-/m0/s1. The number of thiophene rings is 1. The fourth-order valence-corrected chi connectivity index (χ4v) is 2.54. The Bertz CT molecular complexity index is 322. The van der Waals surface area contributed by atoms with Crippen LogP contribution in [0.2, 0.25) is 0 Å². The van der Waals surface area contributed by atoms with Crippen molar-refractivity contribution in [1.29, 1.82) is 5.26 Å². The lowest BCUT2D eigenvalue weighted by Gasteiger charge is -2.41.